The van der Waals surface area contributed by atoms with E-state index in [4.69, 9.17) is 0 Å². The molecule has 72 valence electrons. The average molecular weight is 209 g/mol. The molecule has 0 amide bonds. The Morgan fingerprint density at radius 3 is 2.57 bits per heavy atom. The van der Waals surface area contributed by atoms with Crippen molar-refractivity contribution in [3.63, 3.8) is 0 Å². The highest BCUT2D eigenvalue weighted by Crippen LogP contribution is 2.07. The van der Waals surface area contributed by atoms with Gasteiger partial charge in [-0.1, -0.05) is 12.1 Å². The van der Waals surface area contributed by atoms with Crippen LogP contribution in [0.15, 0.2) is 35.7 Å². The standard InChI is InChI=1S/C9H8FN3S/c10-8-3-1-7(2-4-8)5-13-6-11-12-9(13)14/h1-4,6H,5H2,(H,12,14). The van der Waals surface area contributed by atoms with Crippen molar-refractivity contribution in [1.82, 2.24) is 14.8 Å². The summed E-state index contributed by atoms with van der Waals surface area (Å²) in [5.41, 5.74) is 0.988. The SMILES string of the molecule is Fc1ccc(Cn2cnnc2S)cc1. The lowest BCUT2D eigenvalue weighted by Gasteiger charge is -2.02. The smallest absolute Gasteiger partial charge is 0.188 e. The number of hydrogen-bond donors (Lipinski definition) is 1. The number of hydrogen-bond acceptors (Lipinski definition) is 3. The molecule has 14 heavy (non-hydrogen) atoms. The molecule has 3 nitrogen and oxygen atoms in total. The van der Waals surface area contributed by atoms with Gasteiger partial charge in [-0.25, -0.2) is 4.39 Å². The Hall–Kier alpha value is -1.36. The Balaban J connectivity index is 2.19. The number of rotatable bonds is 2. The van der Waals surface area contributed by atoms with Gasteiger partial charge in [-0.3, -0.25) is 0 Å². The van der Waals surface area contributed by atoms with E-state index in [2.05, 4.69) is 22.8 Å². The third-order valence-corrected chi connectivity index (χ3v) is 2.21. The minimum atomic E-state index is -0.233. The first-order valence-electron chi connectivity index (χ1n) is 4.07. The van der Waals surface area contributed by atoms with E-state index in [-0.39, 0.29) is 5.82 Å². The molecule has 0 aliphatic carbocycles. The van der Waals surface area contributed by atoms with E-state index in [1.807, 2.05) is 0 Å². The second-order valence-corrected chi connectivity index (χ2v) is 3.29. The molecule has 0 spiro atoms. The molecule has 0 bridgehead atoms. The number of nitrogens with zero attached hydrogens (tertiary/aromatic N) is 3. The van der Waals surface area contributed by atoms with Crippen molar-refractivity contribution in [2.24, 2.45) is 0 Å². The van der Waals surface area contributed by atoms with Crippen molar-refractivity contribution >= 4 is 12.6 Å². The van der Waals surface area contributed by atoms with Crippen LogP contribution < -0.4 is 0 Å². The summed E-state index contributed by atoms with van der Waals surface area (Å²) in [5, 5.41) is 7.98. The van der Waals surface area contributed by atoms with E-state index in [1.165, 1.54) is 12.1 Å². The molecule has 0 aliphatic heterocycles. The van der Waals surface area contributed by atoms with E-state index < -0.39 is 0 Å². The lowest BCUT2D eigenvalue weighted by molar-refractivity contribution is 0.625. The second-order valence-electron chi connectivity index (χ2n) is 2.89. The predicted molar refractivity (Wildman–Crippen MR) is 52.8 cm³/mol. The Labute approximate surface area is 86.0 Å². The number of thiol groups is 1. The summed E-state index contributed by atoms with van der Waals surface area (Å²) >= 11 is 4.11. The van der Waals surface area contributed by atoms with Gasteiger partial charge in [-0.2, -0.15) is 0 Å². The van der Waals surface area contributed by atoms with E-state index in [9.17, 15) is 4.39 Å². The van der Waals surface area contributed by atoms with Crippen molar-refractivity contribution in [2.75, 3.05) is 0 Å². The molecular weight excluding hydrogens is 201 g/mol. The molecule has 5 heteroatoms. The van der Waals surface area contributed by atoms with Gasteiger partial charge in [0.2, 0.25) is 0 Å². The summed E-state index contributed by atoms with van der Waals surface area (Å²) in [6.45, 7) is 0.603. The predicted octanol–water partition coefficient (Wildman–Crippen LogP) is 1.75. The van der Waals surface area contributed by atoms with Gasteiger partial charge in [-0.05, 0) is 17.7 Å². The molecule has 1 aromatic carbocycles. The Morgan fingerprint density at radius 1 is 1.29 bits per heavy atom. The largest absolute Gasteiger partial charge is 0.304 e. The maximum Gasteiger partial charge on any atom is 0.188 e. The monoisotopic (exact) mass is 209 g/mol. The minimum absolute atomic E-state index is 0.233. The molecule has 0 saturated heterocycles. The number of aromatic nitrogens is 3. The fraction of sp³-hybridized carbons (Fsp3) is 0.111. The topological polar surface area (TPSA) is 30.7 Å². The van der Waals surface area contributed by atoms with Crippen molar-refractivity contribution in [3.8, 4) is 0 Å². The second kappa shape index (κ2) is 3.79. The fourth-order valence-corrected chi connectivity index (χ4v) is 1.32. The Morgan fingerprint density at radius 2 is 2.00 bits per heavy atom. The van der Waals surface area contributed by atoms with Gasteiger partial charge in [-0.15, -0.1) is 22.8 Å². The normalized spacial score (nSPS) is 10.4. The van der Waals surface area contributed by atoms with Gasteiger partial charge in [0.15, 0.2) is 5.16 Å². The fourth-order valence-electron chi connectivity index (χ4n) is 1.15. The van der Waals surface area contributed by atoms with E-state index >= 15 is 0 Å². The van der Waals surface area contributed by atoms with Gasteiger partial charge < -0.3 is 4.57 Å². The molecule has 0 aliphatic rings. The van der Waals surface area contributed by atoms with Crippen LogP contribution in [0, 0.1) is 5.82 Å². The van der Waals surface area contributed by atoms with Crippen LogP contribution in [0.4, 0.5) is 4.39 Å². The quantitative estimate of drug-likeness (QED) is 0.764. The molecule has 0 radical (unpaired) electrons. The van der Waals surface area contributed by atoms with Crippen molar-refractivity contribution in [2.45, 2.75) is 11.7 Å². The van der Waals surface area contributed by atoms with Crippen LogP contribution >= 0.6 is 12.6 Å². The van der Waals surface area contributed by atoms with Crippen LogP contribution in [-0.2, 0) is 6.54 Å². The Bertz CT molecular complexity index is 424. The first kappa shape index (κ1) is 9.21. The lowest BCUT2D eigenvalue weighted by atomic mass is 10.2. The molecule has 2 aromatic rings. The van der Waals surface area contributed by atoms with E-state index in [1.54, 1.807) is 23.0 Å². The van der Waals surface area contributed by atoms with Crippen LogP contribution in [0.5, 0.6) is 0 Å². The summed E-state index contributed by atoms with van der Waals surface area (Å²) in [5.74, 6) is -0.233. The zero-order valence-electron chi connectivity index (χ0n) is 7.26. The van der Waals surface area contributed by atoms with E-state index in [0.29, 0.717) is 11.7 Å². The molecule has 0 fully saturated rings. The van der Waals surface area contributed by atoms with Gasteiger partial charge in [0, 0.05) is 0 Å². The van der Waals surface area contributed by atoms with Crippen LogP contribution in [0.1, 0.15) is 5.56 Å². The van der Waals surface area contributed by atoms with Gasteiger partial charge in [0.25, 0.3) is 0 Å². The minimum Gasteiger partial charge on any atom is -0.304 e. The molecule has 1 heterocycles. The summed E-state index contributed by atoms with van der Waals surface area (Å²) < 4.78 is 14.4. The third-order valence-electron chi connectivity index (χ3n) is 1.86. The lowest BCUT2D eigenvalue weighted by Crippen LogP contribution is -1.98. The first-order valence-corrected chi connectivity index (χ1v) is 4.51. The van der Waals surface area contributed by atoms with Crippen LogP contribution in [-0.4, -0.2) is 14.8 Å². The summed E-state index contributed by atoms with van der Waals surface area (Å²) in [6, 6.07) is 6.31. The maximum absolute atomic E-state index is 12.6. The highest BCUT2D eigenvalue weighted by Gasteiger charge is 2.00. The van der Waals surface area contributed by atoms with E-state index in [0.717, 1.165) is 5.56 Å². The molecule has 1 aromatic heterocycles. The molecule has 0 saturated carbocycles. The average Bonchev–Trinajstić information content (AvgIpc) is 2.56. The highest BCUT2D eigenvalue weighted by molar-refractivity contribution is 7.80. The molecule has 0 N–H and O–H groups in total. The summed E-state index contributed by atoms with van der Waals surface area (Å²) in [4.78, 5) is 0. The zero-order chi connectivity index (χ0) is 9.97. The number of benzene rings is 1. The molecule has 0 atom stereocenters. The molecule has 2 rings (SSSR count). The summed E-state index contributed by atoms with van der Waals surface area (Å²) in [7, 11) is 0. The van der Waals surface area contributed by atoms with Crippen molar-refractivity contribution in [3.05, 3.63) is 42.0 Å². The zero-order valence-corrected chi connectivity index (χ0v) is 8.16. The molecule has 0 unspecified atom stereocenters. The van der Waals surface area contributed by atoms with Crippen LogP contribution in [0.25, 0.3) is 0 Å². The first-order chi connectivity index (χ1) is 6.75. The van der Waals surface area contributed by atoms with Gasteiger partial charge in [0.1, 0.15) is 12.1 Å². The third kappa shape index (κ3) is 1.93. The highest BCUT2D eigenvalue weighted by atomic mass is 32.1. The number of halogens is 1. The van der Waals surface area contributed by atoms with Gasteiger partial charge in [0.05, 0.1) is 6.54 Å². The Kier molecular flexibility index (Phi) is 2.49. The van der Waals surface area contributed by atoms with Gasteiger partial charge >= 0.3 is 0 Å². The van der Waals surface area contributed by atoms with Crippen molar-refractivity contribution < 1.29 is 4.39 Å². The van der Waals surface area contributed by atoms with Crippen LogP contribution in [0.2, 0.25) is 0 Å². The van der Waals surface area contributed by atoms with Crippen molar-refractivity contribution in [1.29, 1.82) is 0 Å². The summed E-state index contributed by atoms with van der Waals surface area (Å²) in [6.07, 6.45) is 1.59. The van der Waals surface area contributed by atoms with Crippen LogP contribution in [0.3, 0.4) is 0 Å². The molecular formula is C9H8FN3S. The maximum atomic E-state index is 12.6.